The van der Waals surface area contributed by atoms with Crippen LogP contribution in [0.5, 0.6) is 0 Å². The molecule has 1 aliphatic carbocycles. The van der Waals surface area contributed by atoms with Crippen molar-refractivity contribution in [1.82, 2.24) is 19.6 Å². The van der Waals surface area contributed by atoms with Gasteiger partial charge in [0.1, 0.15) is 11.6 Å². The van der Waals surface area contributed by atoms with Gasteiger partial charge in [0.2, 0.25) is 11.7 Å². The second-order valence-electron chi connectivity index (χ2n) is 5.79. The third-order valence-electron chi connectivity index (χ3n) is 3.85. The zero-order chi connectivity index (χ0) is 16.0. The van der Waals surface area contributed by atoms with Crippen LogP contribution in [0.1, 0.15) is 31.4 Å². The van der Waals surface area contributed by atoms with Crippen molar-refractivity contribution in [3.63, 3.8) is 0 Å². The van der Waals surface area contributed by atoms with E-state index >= 15 is 0 Å². The van der Waals surface area contributed by atoms with Crippen molar-refractivity contribution in [2.45, 2.75) is 33.1 Å². The SMILES string of the molecule is CCc1nc2cc(NC(=O)C3CC3)nc(-c3ccc(C)o3)n2n1. The van der Waals surface area contributed by atoms with Gasteiger partial charge in [0.15, 0.2) is 17.2 Å². The first-order valence-electron chi connectivity index (χ1n) is 7.78. The Bertz CT molecular complexity index is 891. The number of nitrogens with zero attached hydrogens (tertiary/aromatic N) is 4. The highest BCUT2D eigenvalue weighted by molar-refractivity contribution is 5.93. The Morgan fingerprint density at radius 1 is 1.39 bits per heavy atom. The molecule has 3 aromatic rings. The normalized spacial score (nSPS) is 14.3. The quantitative estimate of drug-likeness (QED) is 0.800. The van der Waals surface area contributed by atoms with Gasteiger partial charge in [0.05, 0.1) is 0 Å². The molecule has 0 aliphatic heterocycles. The maximum Gasteiger partial charge on any atom is 0.228 e. The van der Waals surface area contributed by atoms with Gasteiger partial charge >= 0.3 is 0 Å². The predicted octanol–water partition coefficient (Wildman–Crippen LogP) is 2.60. The predicted molar refractivity (Wildman–Crippen MR) is 84.0 cm³/mol. The molecule has 3 heterocycles. The molecule has 1 N–H and O–H groups in total. The lowest BCUT2D eigenvalue weighted by atomic mass is 10.3. The standard InChI is InChI=1S/C16H17N5O2/c1-3-12-17-14-8-13(19-16(22)10-5-6-10)18-15(21(14)20-12)11-7-4-9(2)23-11/h4,7-8,10H,3,5-6H2,1-2H3,(H,19,22). The van der Waals surface area contributed by atoms with Crippen LogP contribution < -0.4 is 5.32 Å². The molecule has 0 unspecified atom stereocenters. The van der Waals surface area contributed by atoms with Gasteiger partial charge in [-0.25, -0.2) is 9.97 Å². The molecule has 1 fully saturated rings. The number of aryl methyl sites for hydroxylation is 2. The number of hydrogen-bond acceptors (Lipinski definition) is 5. The van der Waals surface area contributed by atoms with E-state index in [0.29, 0.717) is 23.0 Å². The molecule has 7 nitrogen and oxygen atoms in total. The minimum absolute atomic E-state index is 0.0126. The van der Waals surface area contributed by atoms with Gasteiger partial charge in [-0.2, -0.15) is 4.52 Å². The summed E-state index contributed by atoms with van der Waals surface area (Å²) in [6.45, 7) is 3.87. The fourth-order valence-corrected chi connectivity index (χ4v) is 2.44. The van der Waals surface area contributed by atoms with E-state index in [0.717, 1.165) is 30.8 Å². The van der Waals surface area contributed by atoms with Crippen molar-refractivity contribution < 1.29 is 9.21 Å². The minimum atomic E-state index is 0.0126. The van der Waals surface area contributed by atoms with Crippen LogP contribution in [0.25, 0.3) is 17.2 Å². The van der Waals surface area contributed by atoms with Crippen LogP contribution in [0.2, 0.25) is 0 Å². The molecular formula is C16H17N5O2. The summed E-state index contributed by atoms with van der Waals surface area (Å²) < 4.78 is 7.33. The molecule has 118 valence electrons. The van der Waals surface area contributed by atoms with Crippen molar-refractivity contribution >= 4 is 17.4 Å². The second kappa shape index (κ2) is 5.19. The van der Waals surface area contributed by atoms with Crippen molar-refractivity contribution in [3.8, 4) is 11.6 Å². The van der Waals surface area contributed by atoms with Gasteiger partial charge in [-0.3, -0.25) is 4.79 Å². The molecule has 0 atom stereocenters. The second-order valence-corrected chi connectivity index (χ2v) is 5.79. The van der Waals surface area contributed by atoms with Crippen LogP contribution in [0, 0.1) is 12.8 Å². The van der Waals surface area contributed by atoms with Crippen LogP contribution in [0.4, 0.5) is 5.82 Å². The number of carbonyl (C=O) groups is 1. The summed E-state index contributed by atoms with van der Waals surface area (Å²) in [7, 11) is 0. The number of nitrogens with one attached hydrogen (secondary N) is 1. The van der Waals surface area contributed by atoms with Crippen LogP contribution in [-0.2, 0) is 11.2 Å². The lowest BCUT2D eigenvalue weighted by Crippen LogP contribution is -2.15. The van der Waals surface area contributed by atoms with Gasteiger partial charge in [-0.05, 0) is 31.9 Å². The fraction of sp³-hybridized carbons (Fsp3) is 0.375. The summed E-state index contributed by atoms with van der Waals surface area (Å²) in [5, 5.41) is 7.32. The fourth-order valence-electron chi connectivity index (χ4n) is 2.44. The Morgan fingerprint density at radius 2 is 2.22 bits per heavy atom. The zero-order valence-corrected chi connectivity index (χ0v) is 13.0. The maximum atomic E-state index is 12.0. The number of anilines is 1. The highest BCUT2D eigenvalue weighted by atomic mass is 16.3. The Morgan fingerprint density at radius 3 is 2.87 bits per heavy atom. The topological polar surface area (TPSA) is 85.3 Å². The molecular weight excluding hydrogens is 294 g/mol. The van der Waals surface area contributed by atoms with Gasteiger partial charge < -0.3 is 9.73 Å². The van der Waals surface area contributed by atoms with Gasteiger partial charge in [0.25, 0.3) is 0 Å². The molecule has 0 aromatic carbocycles. The zero-order valence-electron chi connectivity index (χ0n) is 13.0. The van der Waals surface area contributed by atoms with E-state index in [4.69, 9.17) is 4.42 Å². The van der Waals surface area contributed by atoms with Gasteiger partial charge in [-0.1, -0.05) is 6.92 Å². The highest BCUT2D eigenvalue weighted by Gasteiger charge is 2.30. The number of rotatable bonds is 4. The van der Waals surface area contributed by atoms with Crippen molar-refractivity contribution in [1.29, 1.82) is 0 Å². The first kappa shape index (κ1) is 13.9. The molecule has 1 saturated carbocycles. The van der Waals surface area contributed by atoms with E-state index < -0.39 is 0 Å². The molecule has 3 aromatic heterocycles. The van der Waals surface area contributed by atoms with E-state index in [9.17, 15) is 4.79 Å². The largest absolute Gasteiger partial charge is 0.458 e. The van der Waals surface area contributed by atoms with E-state index in [-0.39, 0.29) is 11.8 Å². The summed E-state index contributed by atoms with van der Waals surface area (Å²) in [5.41, 5.74) is 0.645. The van der Waals surface area contributed by atoms with E-state index in [2.05, 4.69) is 20.4 Å². The third-order valence-corrected chi connectivity index (χ3v) is 3.85. The third kappa shape index (κ3) is 2.58. The lowest BCUT2D eigenvalue weighted by Gasteiger charge is -2.06. The first-order valence-corrected chi connectivity index (χ1v) is 7.78. The molecule has 0 bridgehead atoms. The van der Waals surface area contributed by atoms with Gasteiger partial charge in [-0.15, -0.1) is 5.10 Å². The first-order chi connectivity index (χ1) is 11.1. The van der Waals surface area contributed by atoms with E-state index in [1.54, 1.807) is 10.6 Å². The molecule has 0 radical (unpaired) electrons. The summed E-state index contributed by atoms with van der Waals surface area (Å²) >= 11 is 0. The van der Waals surface area contributed by atoms with Crippen LogP contribution in [0.3, 0.4) is 0 Å². The Kier molecular flexibility index (Phi) is 3.14. The van der Waals surface area contributed by atoms with Crippen LogP contribution in [-0.4, -0.2) is 25.5 Å². The van der Waals surface area contributed by atoms with Gasteiger partial charge in [0, 0.05) is 18.4 Å². The molecule has 23 heavy (non-hydrogen) atoms. The highest BCUT2D eigenvalue weighted by Crippen LogP contribution is 2.30. The number of furan rings is 1. The smallest absolute Gasteiger partial charge is 0.228 e. The summed E-state index contributed by atoms with van der Waals surface area (Å²) in [5.74, 6) is 3.26. The molecule has 0 spiro atoms. The van der Waals surface area contributed by atoms with Crippen molar-refractivity contribution in [3.05, 3.63) is 29.8 Å². The number of fused-ring (bicyclic) bond motifs is 1. The average molecular weight is 311 g/mol. The minimum Gasteiger partial charge on any atom is -0.458 e. The Hall–Kier alpha value is -2.70. The number of carbonyl (C=O) groups excluding carboxylic acids is 1. The Balaban J connectivity index is 1.83. The monoisotopic (exact) mass is 311 g/mol. The summed E-state index contributed by atoms with van der Waals surface area (Å²) in [6, 6.07) is 5.46. The molecule has 1 amide bonds. The number of hydrogen-bond donors (Lipinski definition) is 1. The molecule has 7 heteroatoms. The number of aromatic nitrogens is 4. The number of amides is 1. The average Bonchev–Trinajstić information content (AvgIpc) is 3.17. The van der Waals surface area contributed by atoms with E-state index in [1.165, 1.54) is 0 Å². The Labute approximate surface area is 132 Å². The van der Waals surface area contributed by atoms with Crippen molar-refractivity contribution in [2.24, 2.45) is 5.92 Å². The maximum absolute atomic E-state index is 12.0. The van der Waals surface area contributed by atoms with Crippen molar-refractivity contribution in [2.75, 3.05) is 5.32 Å². The van der Waals surface area contributed by atoms with E-state index in [1.807, 2.05) is 26.0 Å². The summed E-state index contributed by atoms with van der Waals surface area (Å²) in [6.07, 6.45) is 2.62. The lowest BCUT2D eigenvalue weighted by molar-refractivity contribution is -0.117. The summed E-state index contributed by atoms with van der Waals surface area (Å²) in [4.78, 5) is 21.0. The molecule has 4 rings (SSSR count). The van der Waals surface area contributed by atoms with Crippen LogP contribution >= 0.6 is 0 Å². The molecule has 1 aliphatic rings. The molecule has 0 saturated heterocycles. The van der Waals surface area contributed by atoms with Crippen LogP contribution in [0.15, 0.2) is 22.6 Å².